The fraction of sp³-hybridized carbons (Fsp3) is 0.412. The van der Waals surface area contributed by atoms with Gasteiger partial charge in [0, 0.05) is 4.75 Å². The van der Waals surface area contributed by atoms with Gasteiger partial charge in [-0.3, -0.25) is 14.4 Å². The zero-order chi connectivity index (χ0) is 19.2. The van der Waals surface area contributed by atoms with Gasteiger partial charge in [0.05, 0.1) is 0 Å². The molecule has 3 rings (SSSR count). The van der Waals surface area contributed by atoms with Gasteiger partial charge in [0.1, 0.15) is 17.5 Å². The van der Waals surface area contributed by atoms with Crippen LogP contribution in [-0.2, 0) is 19.2 Å². The Bertz CT molecular complexity index is 787. The standard InChI is InChI=1S/C17H18N2O6S.K.H/c1-17(2)11(16(24)25)19-13(21)10(14(19)26-17)18-12(20)9(15(22)23)8-6-4-3-5-7-8;;/h3-7,9-11,14H,1-2H3,(H,18,20)(H,22,23)(H,24,25);;/t9?,10-,11+,14-;;/m1../s1. The van der Waals surface area contributed by atoms with E-state index in [-0.39, 0.29) is 51.4 Å². The summed E-state index contributed by atoms with van der Waals surface area (Å²) in [5.74, 6) is -5.16. The molecule has 0 radical (unpaired) electrons. The fourth-order valence-electron chi connectivity index (χ4n) is 3.43. The molecule has 140 valence electrons. The number of carboxylic acid groups (broad SMARTS) is 2. The van der Waals surface area contributed by atoms with E-state index in [0.29, 0.717) is 5.56 Å². The number of carbonyl (C=O) groups excluding carboxylic acids is 2. The van der Waals surface area contributed by atoms with Crippen molar-refractivity contribution in [3.8, 4) is 0 Å². The van der Waals surface area contributed by atoms with Crippen molar-refractivity contribution >= 4 is 86.9 Å². The number of β-lactam (4-membered cyclic amide) rings is 1. The first kappa shape index (κ1) is 22.4. The number of thioether (sulfide) groups is 1. The molecule has 10 heteroatoms. The van der Waals surface area contributed by atoms with Gasteiger partial charge in [0.25, 0.3) is 0 Å². The van der Waals surface area contributed by atoms with Crippen LogP contribution in [0.5, 0.6) is 0 Å². The molecule has 2 heterocycles. The molecular formula is C17H19KN2O6S. The number of rotatable bonds is 5. The van der Waals surface area contributed by atoms with E-state index in [1.54, 1.807) is 32.0 Å². The SMILES string of the molecule is CC1(C)S[C@@H]2[C@H](NC(=O)C(C(=O)O)c3ccccc3)C(=O)N2[C@H]1C(=O)O.[KH]. The number of hydrogen-bond donors (Lipinski definition) is 3. The summed E-state index contributed by atoms with van der Waals surface area (Å²) in [6.45, 7) is 3.45. The molecular weight excluding hydrogens is 399 g/mol. The van der Waals surface area contributed by atoms with Crippen molar-refractivity contribution in [3.05, 3.63) is 35.9 Å². The summed E-state index contributed by atoms with van der Waals surface area (Å²) in [7, 11) is 0. The van der Waals surface area contributed by atoms with E-state index >= 15 is 0 Å². The number of carbonyl (C=O) groups is 4. The number of benzene rings is 1. The second-order valence-electron chi connectivity index (χ2n) is 6.77. The number of fused-ring (bicyclic) bond motifs is 1. The van der Waals surface area contributed by atoms with Crippen LogP contribution in [0.25, 0.3) is 0 Å². The monoisotopic (exact) mass is 418 g/mol. The summed E-state index contributed by atoms with van der Waals surface area (Å²) in [5, 5.41) is 20.8. The van der Waals surface area contributed by atoms with Crippen molar-refractivity contribution in [1.29, 1.82) is 0 Å². The molecule has 1 aromatic rings. The third-order valence-corrected chi connectivity index (χ3v) is 6.19. The van der Waals surface area contributed by atoms with E-state index in [1.807, 2.05) is 0 Å². The van der Waals surface area contributed by atoms with Gasteiger partial charge in [-0.25, -0.2) is 4.79 Å². The van der Waals surface area contributed by atoms with Crippen molar-refractivity contribution in [1.82, 2.24) is 10.2 Å². The van der Waals surface area contributed by atoms with Crippen molar-refractivity contribution in [3.63, 3.8) is 0 Å². The van der Waals surface area contributed by atoms with Gasteiger partial charge >= 0.3 is 63.3 Å². The normalized spacial score (nSPS) is 26.2. The van der Waals surface area contributed by atoms with Crippen LogP contribution in [0, 0.1) is 0 Å². The second-order valence-corrected chi connectivity index (χ2v) is 8.54. The molecule has 2 aliphatic rings. The van der Waals surface area contributed by atoms with Gasteiger partial charge in [-0.1, -0.05) is 30.3 Å². The van der Waals surface area contributed by atoms with E-state index < -0.39 is 51.9 Å². The van der Waals surface area contributed by atoms with Gasteiger partial charge in [-0.15, -0.1) is 11.8 Å². The Morgan fingerprint density at radius 1 is 1.19 bits per heavy atom. The van der Waals surface area contributed by atoms with E-state index in [1.165, 1.54) is 28.8 Å². The van der Waals surface area contributed by atoms with E-state index in [9.17, 15) is 29.4 Å². The van der Waals surface area contributed by atoms with Gasteiger partial charge in [-0.2, -0.15) is 0 Å². The van der Waals surface area contributed by atoms with E-state index in [4.69, 9.17) is 0 Å². The van der Waals surface area contributed by atoms with Crippen molar-refractivity contribution in [2.75, 3.05) is 0 Å². The zero-order valence-corrected chi connectivity index (χ0v) is 14.9. The predicted octanol–water partition coefficient (Wildman–Crippen LogP) is -0.162. The van der Waals surface area contributed by atoms with Crippen molar-refractivity contribution in [2.24, 2.45) is 0 Å². The third-order valence-electron chi connectivity index (χ3n) is 4.61. The summed E-state index contributed by atoms with van der Waals surface area (Å²) in [6.07, 6.45) is 0. The van der Waals surface area contributed by atoms with Crippen LogP contribution in [0.3, 0.4) is 0 Å². The summed E-state index contributed by atoms with van der Waals surface area (Å²) in [6, 6.07) is 6.10. The Morgan fingerprint density at radius 3 is 2.30 bits per heavy atom. The molecule has 2 aliphatic heterocycles. The summed E-state index contributed by atoms with van der Waals surface area (Å²) >= 11 is 1.29. The Morgan fingerprint density at radius 2 is 1.78 bits per heavy atom. The molecule has 1 aromatic carbocycles. The minimum atomic E-state index is -1.44. The van der Waals surface area contributed by atoms with Gasteiger partial charge < -0.3 is 20.4 Å². The molecule has 1 unspecified atom stereocenters. The van der Waals surface area contributed by atoms with Crippen molar-refractivity contribution < 1.29 is 29.4 Å². The molecule has 2 amide bonds. The molecule has 0 saturated carbocycles. The Labute approximate surface area is 202 Å². The topological polar surface area (TPSA) is 124 Å². The molecule has 0 aliphatic carbocycles. The third kappa shape index (κ3) is 3.96. The number of carboxylic acids is 2. The first-order valence-corrected chi connectivity index (χ1v) is 8.84. The zero-order valence-electron chi connectivity index (χ0n) is 14.1. The number of nitrogens with zero attached hydrogens (tertiary/aromatic N) is 1. The maximum atomic E-state index is 12.5. The number of nitrogens with one attached hydrogen (secondary N) is 1. The Hall–Kier alpha value is -0.914. The summed E-state index contributed by atoms with van der Waals surface area (Å²) < 4.78 is -0.711. The molecule has 4 atom stereocenters. The van der Waals surface area contributed by atoms with Crippen LogP contribution in [0.15, 0.2) is 30.3 Å². The second kappa shape index (κ2) is 8.22. The van der Waals surface area contributed by atoms with Crippen LogP contribution >= 0.6 is 11.8 Å². The molecule has 2 fully saturated rings. The molecule has 0 spiro atoms. The average Bonchev–Trinajstić information content (AvgIpc) is 2.82. The van der Waals surface area contributed by atoms with Crippen LogP contribution in [0.4, 0.5) is 0 Å². The number of hydrogen-bond acceptors (Lipinski definition) is 5. The van der Waals surface area contributed by atoms with Gasteiger partial charge in [0.2, 0.25) is 11.8 Å². The van der Waals surface area contributed by atoms with Crippen LogP contribution in [0.2, 0.25) is 0 Å². The van der Waals surface area contributed by atoms with E-state index in [0.717, 1.165) is 0 Å². The van der Waals surface area contributed by atoms with E-state index in [2.05, 4.69) is 5.32 Å². The minimum absolute atomic E-state index is 0. The maximum absolute atomic E-state index is 12.5. The first-order valence-electron chi connectivity index (χ1n) is 7.96. The average molecular weight is 419 g/mol. The number of aliphatic carboxylic acids is 2. The first-order chi connectivity index (χ1) is 12.1. The van der Waals surface area contributed by atoms with Crippen molar-refractivity contribution in [2.45, 2.75) is 42.0 Å². The van der Waals surface area contributed by atoms with Gasteiger partial charge in [0.15, 0.2) is 5.92 Å². The predicted molar refractivity (Wildman–Crippen MR) is 99.6 cm³/mol. The quantitative estimate of drug-likeness (QED) is 0.345. The van der Waals surface area contributed by atoms with Gasteiger partial charge in [-0.05, 0) is 19.4 Å². The molecule has 8 nitrogen and oxygen atoms in total. The summed E-state index contributed by atoms with van der Waals surface area (Å²) in [4.78, 5) is 49.2. The fourth-order valence-corrected chi connectivity index (χ4v) is 5.06. The molecule has 0 bridgehead atoms. The molecule has 3 N–H and O–H groups in total. The Kier molecular flexibility index (Phi) is 6.81. The summed E-state index contributed by atoms with van der Waals surface area (Å²) in [5.41, 5.74) is 0.309. The Balaban J connectivity index is 0.00000261. The van der Waals surface area contributed by atoms with Crippen LogP contribution < -0.4 is 5.32 Å². The number of amides is 2. The molecule has 0 aromatic heterocycles. The molecule has 2 saturated heterocycles. The van der Waals surface area contributed by atoms with Crippen LogP contribution in [0.1, 0.15) is 25.3 Å². The molecule has 27 heavy (non-hydrogen) atoms. The van der Waals surface area contributed by atoms with Crippen LogP contribution in [-0.4, -0.2) is 112 Å².